The van der Waals surface area contributed by atoms with Crippen molar-refractivity contribution in [3.05, 3.63) is 72.1 Å². The van der Waals surface area contributed by atoms with Gasteiger partial charge in [-0.05, 0) is 43.2 Å². The van der Waals surface area contributed by atoms with E-state index in [1.54, 1.807) is 53.0 Å². The van der Waals surface area contributed by atoms with Gasteiger partial charge in [-0.25, -0.2) is 9.78 Å². The number of carbonyl (C=O) groups excluding carboxylic acids is 1. The Labute approximate surface area is 270 Å². The van der Waals surface area contributed by atoms with Crippen LogP contribution in [0.15, 0.2) is 54.9 Å². The lowest BCUT2D eigenvalue weighted by molar-refractivity contribution is 0.0227. The lowest BCUT2D eigenvalue weighted by Gasteiger charge is -2.40. The highest BCUT2D eigenvalue weighted by Gasteiger charge is 2.37. The van der Waals surface area contributed by atoms with Crippen molar-refractivity contribution < 1.29 is 37.6 Å². The van der Waals surface area contributed by atoms with E-state index in [2.05, 4.69) is 9.97 Å². The van der Waals surface area contributed by atoms with E-state index < -0.39 is 47.1 Å². The lowest BCUT2D eigenvalue weighted by Crippen LogP contribution is -2.51. The number of pyridine rings is 1. The molecule has 0 spiro atoms. The molecule has 4 N–H and O–H groups in total. The van der Waals surface area contributed by atoms with Crippen molar-refractivity contribution in [3.63, 3.8) is 0 Å². The molecule has 4 aromatic rings. The molecule has 1 fully saturated rings. The minimum atomic E-state index is -1.28. The molecule has 248 valence electrons. The van der Waals surface area contributed by atoms with Crippen LogP contribution in [0.1, 0.15) is 39.2 Å². The Hall–Kier alpha value is -5.40. The van der Waals surface area contributed by atoms with Gasteiger partial charge in [-0.1, -0.05) is 26.0 Å². The van der Waals surface area contributed by atoms with Crippen molar-refractivity contribution >= 4 is 11.9 Å². The number of carbonyl (C=O) groups is 1. The topological polar surface area (TPSA) is 158 Å². The van der Waals surface area contributed by atoms with Crippen LogP contribution >= 0.6 is 0 Å². The van der Waals surface area contributed by atoms with E-state index in [0.717, 1.165) is 0 Å². The molecule has 12 nitrogen and oxygen atoms in total. The highest BCUT2D eigenvalue weighted by atomic mass is 19.1. The number of nitrogens with zero attached hydrogens (tertiary/aromatic N) is 4. The van der Waals surface area contributed by atoms with Gasteiger partial charge < -0.3 is 39.3 Å². The third kappa shape index (κ3) is 7.21. The van der Waals surface area contributed by atoms with Crippen LogP contribution < -0.4 is 19.9 Å². The van der Waals surface area contributed by atoms with Crippen molar-refractivity contribution in [2.24, 2.45) is 18.7 Å². The molecule has 1 amide bonds. The molecule has 2 atom stereocenters. The summed E-state index contributed by atoms with van der Waals surface area (Å²) in [5.74, 6) is -4.91. The van der Waals surface area contributed by atoms with Gasteiger partial charge in [0.25, 0.3) is 11.8 Å². The number of aromatic hydroxyl groups is 1. The first-order valence-electron chi connectivity index (χ1n) is 15.1. The number of nitrogens with two attached hydrogens (primary N) is 1. The molecule has 2 aromatic carbocycles. The summed E-state index contributed by atoms with van der Waals surface area (Å²) in [6, 6.07) is 10.2. The fraction of sp³-hybridized carbons (Fsp3) is 0.333. The Balaban J connectivity index is 1.52. The summed E-state index contributed by atoms with van der Waals surface area (Å²) in [7, 11) is 1.82. The van der Waals surface area contributed by atoms with E-state index in [0.29, 0.717) is 11.4 Å². The largest absolute Gasteiger partial charge is 0.504 e. The van der Waals surface area contributed by atoms with E-state index in [9.17, 15) is 9.90 Å². The highest BCUT2D eigenvalue weighted by molar-refractivity contribution is 5.95. The van der Waals surface area contributed by atoms with Gasteiger partial charge in [0, 0.05) is 56.0 Å². The predicted octanol–water partition coefficient (Wildman–Crippen LogP) is 6.36. The molecule has 0 saturated carbocycles. The summed E-state index contributed by atoms with van der Waals surface area (Å²) in [6.07, 6.45) is 2.79. The summed E-state index contributed by atoms with van der Waals surface area (Å²) in [4.78, 5) is 22.5. The number of hydrogen-bond acceptors (Lipinski definition) is 9. The first-order chi connectivity index (χ1) is 22.5. The van der Waals surface area contributed by atoms with Crippen molar-refractivity contribution in [3.8, 4) is 46.1 Å². The molecule has 0 radical (unpaired) electrons. The van der Waals surface area contributed by atoms with E-state index in [4.69, 9.17) is 30.1 Å². The number of amidine groups is 1. The molecule has 5 rings (SSSR count). The van der Waals surface area contributed by atoms with Gasteiger partial charge >= 0.3 is 6.09 Å². The number of amides is 1. The molecule has 14 heteroatoms. The van der Waals surface area contributed by atoms with E-state index >= 15 is 8.78 Å². The van der Waals surface area contributed by atoms with Crippen molar-refractivity contribution in [2.45, 2.75) is 45.8 Å². The number of halogens is 2. The number of nitrogens with one attached hydrogen (secondary N) is 1. The number of hydrogen-bond donors (Lipinski definition) is 3. The average Bonchev–Trinajstić information content (AvgIpc) is 3.48. The zero-order chi connectivity index (χ0) is 33.8. The maximum absolute atomic E-state index is 16.1. The summed E-state index contributed by atoms with van der Waals surface area (Å²) in [5.41, 5.74) is 6.44. The number of imidazole rings is 1. The fourth-order valence-corrected chi connectivity index (χ4v) is 5.34. The maximum Gasteiger partial charge on any atom is 0.410 e. The highest BCUT2D eigenvalue weighted by Crippen LogP contribution is 2.41. The third-order valence-electron chi connectivity index (χ3n) is 7.74. The second-order valence-electron chi connectivity index (χ2n) is 11.3. The molecule has 1 saturated heterocycles. The quantitative estimate of drug-likeness (QED) is 0.131. The van der Waals surface area contributed by atoms with Gasteiger partial charge in [-0.15, -0.1) is 0 Å². The van der Waals surface area contributed by atoms with Crippen molar-refractivity contribution in [1.82, 2.24) is 19.4 Å². The molecular formula is C33H36F2N6O6. The average molecular weight is 651 g/mol. The third-order valence-corrected chi connectivity index (χ3v) is 7.74. The van der Waals surface area contributed by atoms with Crippen LogP contribution in [0.25, 0.3) is 11.4 Å². The molecular weight excluding hydrogens is 614 g/mol. The molecule has 2 aromatic heterocycles. The number of phenolic OH excluding ortho intramolecular Hbond substituents is 1. The zero-order valence-electron chi connectivity index (χ0n) is 26.4. The molecule has 47 heavy (non-hydrogen) atoms. The number of aryl methyl sites for hydroxylation is 1. The Morgan fingerprint density at radius 1 is 1.15 bits per heavy atom. The van der Waals surface area contributed by atoms with Crippen LogP contribution in [0.2, 0.25) is 0 Å². The first-order valence-corrected chi connectivity index (χ1v) is 15.1. The number of nitrogen functional groups attached to an aromatic ring is 1. The summed E-state index contributed by atoms with van der Waals surface area (Å²) < 4.78 is 56.7. The normalized spacial score (nSPS) is 16.2. The SMILES string of the molecule is CCOC(=O)N1CCC(Oc2c(F)c(Oc3cccc(-c4nccn4C)c3)nc(Oc3cc(C(=N)N)ccc3O)c2F)CC1C(C)C. The number of benzene rings is 2. The second kappa shape index (κ2) is 13.9. The van der Waals surface area contributed by atoms with Crippen LogP contribution in [-0.4, -0.2) is 61.8 Å². The standard InChI is InChI=1S/C33H36F2N6O6/c1-5-44-33(43)41-13-11-22(17-23(41)18(2)3)45-28-26(34)31(46-21-8-6-7-20(15-21)30-38-12-14-40(30)4)39-32(27(28)35)47-25-16-19(29(36)37)9-10-24(25)42/h6-10,12,14-16,18,22-23,42H,5,11,13,17H2,1-4H3,(H3,36,37). The monoisotopic (exact) mass is 650 g/mol. The zero-order valence-corrected chi connectivity index (χ0v) is 26.4. The van der Waals surface area contributed by atoms with Gasteiger partial charge in [0.15, 0.2) is 11.5 Å². The summed E-state index contributed by atoms with van der Waals surface area (Å²) in [6.45, 7) is 6.06. The first kappa shape index (κ1) is 33.0. The van der Waals surface area contributed by atoms with Crippen LogP contribution in [0.3, 0.4) is 0 Å². The number of aromatic nitrogens is 3. The predicted molar refractivity (Wildman–Crippen MR) is 168 cm³/mol. The van der Waals surface area contributed by atoms with Gasteiger partial charge in [0.05, 0.1) is 6.61 Å². The Morgan fingerprint density at radius 2 is 1.89 bits per heavy atom. The van der Waals surface area contributed by atoms with Crippen molar-refractivity contribution in [2.75, 3.05) is 13.2 Å². The minimum absolute atomic E-state index is 0.00162. The van der Waals surface area contributed by atoms with E-state index in [1.165, 1.54) is 18.2 Å². The van der Waals surface area contributed by atoms with Crippen LogP contribution in [0, 0.1) is 23.0 Å². The lowest BCUT2D eigenvalue weighted by atomic mass is 9.91. The van der Waals surface area contributed by atoms with Crippen LogP contribution in [0.5, 0.6) is 34.8 Å². The van der Waals surface area contributed by atoms with Crippen LogP contribution in [0.4, 0.5) is 13.6 Å². The number of rotatable bonds is 10. The molecule has 2 unspecified atom stereocenters. The molecule has 0 aliphatic carbocycles. The Kier molecular flexibility index (Phi) is 9.78. The van der Waals surface area contributed by atoms with Gasteiger partial charge in [-0.2, -0.15) is 13.8 Å². The number of likely N-dealkylation sites (tertiary alicyclic amines) is 1. The van der Waals surface area contributed by atoms with Crippen molar-refractivity contribution in [1.29, 1.82) is 5.41 Å². The smallest absolute Gasteiger partial charge is 0.410 e. The number of phenols is 1. The van der Waals surface area contributed by atoms with Gasteiger partial charge in [0.2, 0.25) is 17.4 Å². The van der Waals surface area contributed by atoms with E-state index in [1.807, 2.05) is 20.9 Å². The molecule has 1 aliphatic rings. The molecule has 0 bridgehead atoms. The Morgan fingerprint density at radius 3 is 2.55 bits per heavy atom. The van der Waals surface area contributed by atoms with E-state index in [-0.39, 0.29) is 60.9 Å². The maximum atomic E-state index is 16.1. The number of piperidine rings is 1. The fourth-order valence-electron chi connectivity index (χ4n) is 5.34. The van der Waals surface area contributed by atoms with Crippen LogP contribution in [-0.2, 0) is 11.8 Å². The minimum Gasteiger partial charge on any atom is -0.504 e. The second-order valence-corrected chi connectivity index (χ2v) is 11.3. The molecule has 1 aliphatic heterocycles. The summed E-state index contributed by atoms with van der Waals surface area (Å²) >= 11 is 0. The van der Waals surface area contributed by atoms with Gasteiger partial charge in [0.1, 0.15) is 23.5 Å². The number of ether oxygens (including phenoxy) is 4. The van der Waals surface area contributed by atoms with Gasteiger partial charge in [-0.3, -0.25) is 5.41 Å². The Bertz CT molecular complexity index is 1780. The summed E-state index contributed by atoms with van der Waals surface area (Å²) in [5, 5.41) is 18.1. The molecule has 3 heterocycles.